The van der Waals surface area contributed by atoms with Crippen molar-refractivity contribution >= 4 is 11.8 Å². The Bertz CT molecular complexity index is 444. The molecule has 2 atom stereocenters. The Hall–Kier alpha value is -1.69. The first-order chi connectivity index (χ1) is 8.74. The summed E-state index contributed by atoms with van der Waals surface area (Å²) in [6, 6.07) is 3.38. The highest BCUT2D eigenvalue weighted by Gasteiger charge is 2.40. The SMILES string of the molecule is O=C(O)c1ccc(NC2CCOC2C2CC2)nn1. The van der Waals surface area contributed by atoms with E-state index in [1.54, 1.807) is 6.07 Å². The van der Waals surface area contributed by atoms with Gasteiger partial charge in [-0.05, 0) is 37.3 Å². The van der Waals surface area contributed by atoms with Crippen LogP contribution in [0.4, 0.5) is 5.82 Å². The van der Waals surface area contributed by atoms with Crippen molar-refractivity contribution in [1.29, 1.82) is 0 Å². The first-order valence-electron chi connectivity index (χ1n) is 6.19. The zero-order valence-electron chi connectivity index (χ0n) is 9.87. The van der Waals surface area contributed by atoms with Gasteiger partial charge in [0.25, 0.3) is 0 Å². The van der Waals surface area contributed by atoms with Crippen molar-refractivity contribution in [2.45, 2.75) is 31.4 Å². The van der Waals surface area contributed by atoms with Crippen molar-refractivity contribution in [3.05, 3.63) is 17.8 Å². The zero-order valence-corrected chi connectivity index (χ0v) is 9.87. The summed E-state index contributed by atoms with van der Waals surface area (Å²) in [5.41, 5.74) is -0.0398. The van der Waals surface area contributed by atoms with Gasteiger partial charge in [0.2, 0.25) is 0 Å². The molecular weight excluding hydrogens is 234 g/mol. The number of hydrogen-bond donors (Lipinski definition) is 2. The highest BCUT2D eigenvalue weighted by molar-refractivity contribution is 5.85. The standard InChI is InChI=1S/C12H15N3O3/c16-12(17)9-3-4-10(15-14-9)13-8-5-6-18-11(8)7-1-2-7/h3-4,7-8,11H,1-2,5-6H2,(H,13,15)(H,16,17). The fourth-order valence-electron chi connectivity index (χ4n) is 2.37. The van der Waals surface area contributed by atoms with Crippen molar-refractivity contribution in [1.82, 2.24) is 10.2 Å². The van der Waals surface area contributed by atoms with Crippen LogP contribution in [0.2, 0.25) is 0 Å². The van der Waals surface area contributed by atoms with Gasteiger partial charge in [-0.15, -0.1) is 10.2 Å². The molecule has 2 heterocycles. The predicted octanol–water partition coefficient (Wildman–Crippen LogP) is 1.15. The Morgan fingerprint density at radius 1 is 1.33 bits per heavy atom. The van der Waals surface area contributed by atoms with Gasteiger partial charge in [0.05, 0.1) is 12.1 Å². The van der Waals surface area contributed by atoms with Crippen molar-refractivity contribution in [3.63, 3.8) is 0 Å². The van der Waals surface area contributed by atoms with Crippen LogP contribution >= 0.6 is 0 Å². The third-order valence-electron chi connectivity index (χ3n) is 3.44. The van der Waals surface area contributed by atoms with Crippen LogP contribution in [-0.2, 0) is 4.74 Å². The number of nitrogens with one attached hydrogen (secondary N) is 1. The Morgan fingerprint density at radius 2 is 2.17 bits per heavy atom. The Balaban J connectivity index is 1.66. The minimum Gasteiger partial charge on any atom is -0.476 e. The molecule has 2 unspecified atom stereocenters. The van der Waals surface area contributed by atoms with E-state index in [0.29, 0.717) is 11.7 Å². The largest absolute Gasteiger partial charge is 0.476 e. The molecule has 0 spiro atoms. The number of carbonyl (C=O) groups is 1. The molecule has 1 aromatic heterocycles. The second-order valence-electron chi connectivity index (χ2n) is 4.82. The van der Waals surface area contributed by atoms with E-state index in [9.17, 15) is 4.79 Å². The van der Waals surface area contributed by atoms with Crippen LogP contribution in [0, 0.1) is 5.92 Å². The van der Waals surface area contributed by atoms with Crippen molar-refractivity contribution in [3.8, 4) is 0 Å². The predicted molar refractivity (Wildman–Crippen MR) is 63.5 cm³/mol. The summed E-state index contributed by atoms with van der Waals surface area (Å²) >= 11 is 0. The van der Waals surface area contributed by atoms with E-state index in [2.05, 4.69) is 15.5 Å². The number of carboxylic acid groups (broad SMARTS) is 1. The van der Waals surface area contributed by atoms with Gasteiger partial charge in [-0.3, -0.25) is 0 Å². The van der Waals surface area contributed by atoms with E-state index >= 15 is 0 Å². The van der Waals surface area contributed by atoms with E-state index in [1.165, 1.54) is 18.9 Å². The van der Waals surface area contributed by atoms with Crippen molar-refractivity contribution < 1.29 is 14.6 Å². The van der Waals surface area contributed by atoms with E-state index in [0.717, 1.165) is 13.0 Å². The lowest BCUT2D eigenvalue weighted by Gasteiger charge is -2.19. The van der Waals surface area contributed by atoms with Crippen LogP contribution in [0.1, 0.15) is 29.8 Å². The van der Waals surface area contributed by atoms with Gasteiger partial charge < -0.3 is 15.2 Å². The highest BCUT2D eigenvalue weighted by atomic mass is 16.5. The smallest absolute Gasteiger partial charge is 0.356 e. The van der Waals surface area contributed by atoms with Crippen LogP contribution in [0.25, 0.3) is 0 Å². The van der Waals surface area contributed by atoms with E-state index in [1.807, 2.05) is 0 Å². The summed E-state index contributed by atoms with van der Waals surface area (Å²) in [6.07, 6.45) is 3.72. The molecule has 18 heavy (non-hydrogen) atoms. The lowest BCUT2D eigenvalue weighted by molar-refractivity contribution is 0.0689. The topological polar surface area (TPSA) is 84.3 Å². The van der Waals surface area contributed by atoms with Crippen LogP contribution < -0.4 is 5.32 Å². The summed E-state index contributed by atoms with van der Waals surface area (Å²) in [5.74, 6) is 0.228. The van der Waals surface area contributed by atoms with Crippen molar-refractivity contribution in [2.75, 3.05) is 11.9 Å². The molecule has 6 nitrogen and oxygen atoms in total. The van der Waals surface area contributed by atoms with Crippen molar-refractivity contribution in [2.24, 2.45) is 5.92 Å². The minimum atomic E-state index is -1.06. The van der Waals surface area contributed by atoms with Crippen LogP contribution in [-0.4, -0.2) is 40.0 Å². The number of aromatic nitrogens is 2. The molecule has 6 heteroatoms. The fraction of sp³-hybridized carbons (Fsp3) is 0.583. The third kappa shape index (κ3) is 2.28. The van der Waals surface area contributed by atoms with Gasteiger partial charge in [0, 0.05) is 6.61 Å². The van der Waals surface area contributed by atoms with E-state index < -0.39 is 5.97 Å². The maximum atomic E-state index is 10.7. The van der Waals surface area contributed by atoms with E-state index in [-0.39, 0.29) is 17.8 Å². The summed E-state index contributed by atoms with van der Waals surface area (Å²) in [7, 11) is 0. The molecule has 0 aromatic carbocycles. The first-order valence-corrected chi connectivity index (χ1v) is 6.19. The molecule has 96 valence electrons. The summed E-state index contributed by atoms with van der Waals surface area (Å²) in [6.45, 7) is 0.777. The molecule has 0 radical (unpaired) electrons. The fourth-order valence-corrected chi connectivity index (χ4v) is 2.37. The van der Waals surface area contributed by atoms with E-state index in [4.69, 9.17) is 9.84 Å². The van der Waals surface area contributed by atoms with Gasteiger partial charge in [-0.25, -0.2) is 4.79 Å². The molecule has 2 N–H and O–H groups in total. The van der Waals surface area contributed by atoms with Gasteiger partial charge in [0.15, 0.2) is 5.69 Å². The molecule has 1 saturated heterocycles. The Morgan fingerprint density at radius 3 is 2.78 bits per heavy atom. The molecule has 1 saturated carbocycles. The van der Waals surface area contributed by atoms with Crippen LogP contribution in [0.15, 0.2) is 12.1 Å². The molecule has 1 aliphatic heterocycles. The summed E-state index contributed by atoms with van der Waals surface area (Å²) in [4.78, 5) is 10.7. The lowest BCUT2D eigenvalue weighted by Crippen LogP contribution is -2.31. The van der Waals surface area contributed by atoms with Gasteiger partial charge in [-0.1, -0.05) is 0 Å². The second kappa shape index (κ2) is 4.53. The number of nitrogens with zero attached hydrogens (tertiary/aromatic N) is 2. The Kier molecular flexibility index (Phi) is 2.87. The molecule has 1 aromatic rings. The number of carboxylic acids is 1. The highest BCUT2D eigenvalue weighted by Crippen LogP contribution is 2.39. The average molecular weight is 249 g/mol. The molecular formula is C12H15N3O3. The molecule has 2 fully saturated rings. The molecule has 3 rings (SSSR count). The van der Waals surface area contributed by atoms with Crippen LogP contribution in [0.5, 0.6) is 0 Å². The normalized spacial score (nSPS) is 27.1. The third-order valence-corrected chi connectivity index (χ3v) is 3.44. The quantitative estimate of drug-likeness (QED) is 0.832. The number of anilines is 1. The van der Waals surface area contributed by atoms with Gasteiger partial charge >= 0.3 is 5.97 Å². The second-order valence-corrected chi connectivity index (χ2v) is 4.82. The Labute approximate surface area is 104 Å². The molecule has 1 aliphatic carbocycles. The zero-order chi connectivity index (χ0) is 12.5. The number of rotatable bonds is 4. The molecule has 2 aliphatic rings. The molecule has 0 bridgehead atoms. The minimum absolute atomic E-state index is 0.0398. The average Bonchev–Trinajstić information content (AvgIpc) is 3.11. The van der Waals surface area contributed by atoms with Gasteiger partial charge in [0.1, 0.15) is 5.82 Å². The van der Waals surface area contributed by atoms with Gasteiger partial charge in [-0.2, -0.15) is 0 Å². The molecule has 0 amide bonds. The maximum Gasteiger partial charge on any atom is 0.356 e. The number of ether oxygens (including phenoxy) is 1. The number of hydrogen-bond acceptors (Lipinski definition) is 5. The van der Waals surface area contributed by atoms with Crippen LogP contribution in [0.3, 0.4) is 0 Å². The monoisotopic (exact) mass is 249 g/mol. The summed E-state index contributed by atoms with van der Waals surface area (Å²) in [5, 5.41) is 19.6. The maximum absolute atomic E-state index is 10.7. The number of aromatic carboxylic acids is 1. The summed E-state index contributed by atoms with van der Waals surface area (Å²) < 4.78 is 5.72. The first kappa shape index (κ1) is 11.4. The lowest BCUT2D eigenvalue weighted by atomic mass is 10.1.